The van der Waals surface area contributed by atoms with Crippen molar-refractivity contribution in [2.45, 2.75) is 13.0 Å². The number of anilines is 1. The normalized spacial score (nSPS) is 10.7. The van der Waals surface area contributed by atoms with Crippen LogP contribution in [0.4, 0.5) is 5.82 Å². The molecule has 1 amide bonds. The van der Waals surface area contributed by atoms with Crippen molar-refractivity contribution in [1.29, 1.82) is 0 Å². The van der Waals surface area contributed by atoms with Gasteiger partial charge in [0.2, 0.25) is 0 Å². The van der Waals surface area contributed by atoms with Crippen LogP contribution in [0.3, 0.4) is 0 Å². The monoisotopic (exact) mass is 372 g/mol. The van der Waals surface area contributed by atoms with Gasteiger partial charge in [-0.3, -0.25) is 9.78 Å². The van der Waals surface area contributed by atoms with Gasteiger partial charge in [-0.2, -0.15) is 0 Å². The minimum atomic E-state index is -0.233. The Morgan fingerprint density at radius 2 is 1.89 bits per heavy atom. The van der Waals surface area contributed by atoms with Crippen LogP contribution in [0, 0.1) is 0 Å². The highest BCUT2D eigenvalue weighted by molar-refractivity contribution is 5.92. The Morgan fingerprint density at radius 1 is 1.00 bits per heavy atom. The molecular weight excluding hydrogens is 352 g/mol. The summed E-state index contributed by atoms with van der Waals surface area (Å²) in [5.74, 6) is 0.365. The molecule has 3 heterocycles. The van der Waals surface area contributed by atoms with E-state index in [1.165, 1.54) is 10.9 Å². The number of aromatic amines is 1. The molecule has 0 bridgehead atoms. The summed E-state index contributed by atoms with van der Waals surface area (Å²) >= 11 is 0. The van der Waals surface area contributed by atoms with E-state index >= 15 is 0 Å². The van der Waals surface area contributed by atoms with Crippen LogP contribution in [-0.4, -0.2) is 32.6 Å². The molecule has 7 heteroatoms. The van der Waals surface area contributed by atoms with Gasteiger partial charge in [-0.25, -0.2) is 0 Å². The Bertz CT molecular complexity index is 1060. The predicted octanol–water partition coefficient (Wildman–Crippen LogP) is 2.94. The first-order valence-corrected chi connectivity index (χ1v) is 9.10. The fourth-order valence-electron chi connectivity index (χ4n) is 2.97. The van der Waals surface area contributed by atoms with Gasteiger partial charge in [-0.15, -0.1) is 10.2 Å². The van der Waals surface area contributed by atoms with Gasteiger partial charge < -0.3 is 15.6 Å². The molecule has 0 aliphatic heterocycles. The number of hydrogen-bond donors (Lipinski definition) is 3. The van der Waals surface area contributed by atoms with Gasteiger partial charge in [0.1, 0.15) is 5.82 Å². The molecule has 3 N–H and O–H groups in total. The summed E-state index contributed by atoms with van der Waals surface area (Å²) in [5.41, 5.74) is 3.48. The number of fused-ring (bicyclic) bond motifs is 1. The van der Waals surface area contributed by atoms with Crippen molar-refractivity contribution in [3.05, 3.63) is 83.9 Å². The molecule has 0 radical (unpaired) electrons. The molecule has 0 atom stereocenters. The highest BCUT2D eigenvalue weighted by atomic mass is 16.1. The molecule has 28 heavy (non-hydrogen) atoms. The number of rotatable bonds is 7. The topological polar surface area (TPSA) is 95.6 Å². The molecule has 0 fully saturated rings. The van der Waals surface area contributed by atoms with Crippen LogP contribution in [0.1, 0.15) is 21.7 Å². The number of H-pyrrole nitrogens is 1. The second kappa shape index (κ2) is 8.30. The van der Waals surface area contributed by atoms with Crippen LogP contribution in [0.15, 0.2) is 67.0 Å². The van der Waals surface area contributed by atoms with Crippen LogP contribution < -0.4 is 10.6 Å². The highest BCUT2D eigenvalue weighted by Crippen LogP contribution is 2.17. The zero-order valence-electron chi connectivity index (χ0n) is 15.2. The Hall–Kier alpha value is -3.74. The fraction of sp³-hybridized carbons (Fsp3) is 0.143. The molecule has 0 saturated carbocycles. The first-order valence-electron chi connectivity index (χ1n) is 9.10. The van der Waals surface area contributed by atoms with E-state index in [0.717, 1.165) is 17.6 Å². The smallest absolute Gasteiger partial charge is 0.271 e. The maximum atomic E-state index is 12.3. The van der Waals surface area contributed by atoms with E-state index in [0.29, 0.717) is 24.6 Å². The molecule has 7 nitrogen and oxygen atoms in total. The number of pyridine rings is 1. The van der Waals surface area contributed by atoms with E-state index in [9.17, 15) is 4.79 Å². The van der Waals surface area contributed by atoms with E-state index < -0.39 is 0 Å². The average Bonchev–Trinajstić information content (AvgIpc) is 3.16. The van der Waals surface area contributed by atoms with Crippen molar-refractivity contribution in [3.8, 4) is 0 Å². The summed E-state index contributed by atoms with van der Waals surface area (Å²) < 4.78 is 0. The lowest BCUT2D eigenvalue weighted by atomic mass is 10.1. The van der Waals surface area contributed by atoms with Gasteiger partial charge in [-0.1, -0.05) is 24.3 Å². The predicted molar refractivity (Wildman–Crippen MR) is 108 cm³/mol. The molecule has 0 unspecified atom stereocenters. The van der Waals surface area contributed by atoms with Gasteiger partial charge in [0.15, 0.2) is 5.69 Å². The number of hydrogen-bond acceptors (Lipinski definition) is 5. The summed E-state index contributed by atoms with van der Waals surface area (Å²) in [7, 11) is 0. The third-order valence-corrected chi connectivity index (χ3v) is 4.43. The minimum Gasteiger partial charge on any atom is -0.363 e. The van der Waals surface area contributed by atoms with E-state index in [2.05, 4.69) is 36.9 Å². The Morgan fingerprint density at radius 3 is 2.71 bits per heavy atom. The van der Waals surface area contributed by atoms with Crippen molar-refractivity contribution < 1.29 is 4.79 Å². The zero-order chi connectivity index (χ0) is 19.2. The van der Waals surface area contributed by atoms with E-state index in [4.69, 9.17) is 0 Å². The largest absolute Gasteiger partial charge is 0.363 e. The van der Waals surface area contributed by atoms with Gasteiger partial charge in [0.05, 0.1) is 12.2 Å². The minimum absolute atomic E-state index is 0.233. The lowest BCUT2D eigenvalue weighted by molar-refractivity contribution is 0.0948. The van der Waals surface area contributed by atoms with Crippen molar-refractivity contribution >= 4 is 22.6 Å². The number of para-hydroxylation sites is 1. The Labute approximate surface area is 162 Å². The number of aromatic nitrogens is 4. The number of nitrogens with one attached hydrogen (secondary N) is 3. The van der Waals surface area contributed by atoms with Crippen LogP contribution >= 0.6 is 0 Å². The number of carbonyl (C=O) groups is 1. The van der Waals surface area contributed by atoms with E-state index in [1.54, 1.807) is 18.3 Å². The maximum absolute atomic E-state index is 12.3. The van der Waals surface area contributed by atoms with Gasteiger partial charge >= 0.3 is 0 Å². The number of amides is 1. The molecule has 0 saturated heterocycles. The van der Waals surface area contributed by atoms with Crippen LogP contribution in [-0.2, 0) is 13.0 Å². The second-order valence-corrected chi connectivity index (χ2v) is 6.34. The van der Waals surface area contributed by atoms with E-state index in [-0.39, 0.29) is 5.91 Å². The second-order valence-electron chi connectivity index (χ2n) is 6.34. The summed E-state index contributed by atoms with van der Waals surface area (Å²) in [5, 5.41) is 15.3. The molecule has 0 aliphatic carbocycles. The molecule has 4 aromatic rings. The van der Waals surface area contributed by atoms with Crippen LogP contribution in [0.2, 0.25) is 0 Å². The maximum Gasteiger partial charge on any atom is 0.271 e. The first-order chi connectivity index (χ1) is 13.8. The molecular formula is C21H20N6O. The third-order valence-electron chi connectivity index (χ3n) is 4.43. The number of benzene rings is 1. The fourth-order valence-corrected chi connectivity index (χ4v) is 2.97. The standard InChI is InChI=1S/C21H20N6O/c28-21(23-12-10-15-13-24-18-7-2-1-6-17(15)18)19-8-9-20(27-26-19)25-14-16-5-3-4-11-22-16/h1-9,11,13,24H,10,12,14H2,(H,23,28)(H,25,27). The summed E-state index contributed by atoms with van der Waals surface area (Å²) in [6.45, 7) is 1.08. The van der Waals surface area contributed by atoms with Gasteiger partial charge in [0.25, 0.3) is 5.91 Å². The van der Waals surface area contributed by atoms with Gasteiger partial charge in [-0.05, 0) is 42.3 Å². The lowest BCUT2D eigenvalue weighted by Gasteiger charge is -2.06. The third kappa shape index (κ3) is 4.15. The quantitative estimate of drug-likeness (QED) is 0.464. The zero-order valence-corrected chi connectivity index (χ0v) is 15.2. The molecule has 1 aromatic carbocycles. The first kappa shape index (κ1) is 17.7. The van der Waals surface area contributed by atoms with Crippen LogP contribution in [0.5, 0.6) is 0 Å². The van der Waals surface area contributed by atoms with Crippen molar-refractivity contribution in [2.24, 2.45) is 0 Å². The van der Waals surface area contributed by atoms with Crippen molar-refractivity contribution in [2.75, 3.05) is 11.9 Å². The summed E-state index contributed by atoms with van der Waals surface area (Å²) in [4.78, 5) is 19.8. The summed E-state index contributed by atoms with van der Waals surface area (Å²) in [6.07, 6.45) is 4.47. The highest BCUT2D eigenvalue weighted by Gasteiger charge is 2.09. The Kier molecular flexibility index (Phi) is 5.24. The number of nitrogens with zero attached hydrogens (tertiary/aromatic N) is 3. The van der Waals surface area contributed by atoms with E-state index in [1.807, 2.05) is 42.6 Å². The SMILES string of the molecule is O=C(NCCc1c[nH]c2ccccc12)c1ccc(NCc2ccccn2)nn1. The number of carbonyl (C=O) groups excluding carboxylic acids is 1. The molecule has 0 aliphatic rings. The molecule has 4 rings (SSSR count). The Balaban J connectivity index is 1.28. The molecule has 0 spiro atoms. The molecule has 3 aromatic heterocycles. The lowest BCUT2D eigenvalue weighted by Crippen LogP contribution is -2.26. The average molecular weight is 372 g/mol. The van der Waals surface area contributed by atoms with Gasteiger partial charge in [0, 0.05) is 29.8 Å². The summed E-state index contributed by atoms with van der Waals surface area (Å²) in [6, 6.07) is 17.3. The van der Waals surface area contributed by atoms with Crippen LogP contribution in [0.25, 0.3) is 10.9 Å². The van der Waals surface area contributed by atoms with Crippen molar-refractivity contribution in [3.63, 3.8) is 0 Å². The van der Waals surface area contributed by atoms with Crippen molar-refractivity contribution in [1.82, 2.24) is 25.5 Å². The molecule has 140 valence electrons.